The third kappa shape index (κ3) is 4.75. The summed E-state index contributed by atoms with van der Waals surface area (Å²) in [7, 11) is 0. The van der Waals surface area contributed by atoms with Gasteiger partial charge < -0.3 is 14.2 Å². The molecule has 124 valence electrons. The molecule has 2 aromatic rings. The van der Waals surface area contributed by atoms with Crippen LogP contribution in [0.2, 0.25) is 0 Å². The predicted octanol–water partition coefficient (Wildman–Crippen LogP) is 3.47. The molecule has 5 heteroatoms. The quantitative estimate of drug-likeness (QED) is 0.729. The van der Waals surface area contributed by atoms with Crippen LogP contribution in [-0.4, -0.2) is 18.7 Å². The monoisotopic (exact) mass is 325 g/mol. The highest BCUT2D eigenvalue weighted by Gasteiger charge is 2.17. The van der Waals surface area contributed by atoms with E-state index in [9.17, 15) is 4.79 Å². The van der Waals surface area contributed by atoms with E-state index in [4.69, 9.17) is 19.5 Å². The molecule has 5 nitrogen and oxygen atoms in total. The molecule has 1 atom stereocenters. The molecule has 2 aromatic carbocycles. The van der Waals surface area contributed by atoms with E-state index >= 15 is 0 Å². The second kappa shape index (κ2) is 8.59. The number of nitriles is 1. The molecule has 0 aromatic heterocycles. The van der Waals surface area contributed by atoms with Gasteiger partial charge in [-0.1, -0.05) is 18.2 Å². The zero-order valence-corrected chi connectivity index (χ0v) is 13.7. The maximum Gasteiger partial charge on any atom is 0.347 e. The van der Waals surface area contributed by atoms with E-state index in [1.807, 2.05) is 37.3 Å². The molecule has 0 amide bonds. The average molecular weight is 325 g/mol. The van der Waals surface area contributed by atoms with Crippen LogP contribution in [0.15, 0.2) is 48.5 Å². The SMILES string of the molecule is CCOc1ccccc1COC(=O)C(C)Oc1ccc(C#N)cc1. The highest BCUT2D eigenvalue weighted by Crippen LogP contribution is 2.19. The Hall–Kier alpha value is -3.00. The molecule has 0 spiro atoms. The van der Waals surface area contributed by atoms with Gasteiger partial charge in [-0.2, -0.15) is 5.26 Å². The molecule has 0 N–H and O–H groups in total. The maximum absolute atomic E-state index is 12.1. The van der Waals surface area contributed by atoms with Crippen LogP contribution in [-0.2, 0) is 16.1 Å². The minimum atomic E-state index is -0.753. The van der Waals surface area contributed by atoms with Crippen molar-refractivity contribution in [3.8, 4) is 17.6 Å². The van der Waals surface area contributed by atoms with E-state index in [1.165, 1.54) is 0 Å². The molecule has 0 saturated heterocycles. The minimum Gasteiger partial charge on any atom is -0.493 e. The minimum absolute atomic E-state index is 0.121. The number of hydrogen-bond acceptors (Lipinski definition) is 5. The number of nitrogens with zero attached hydrogens (tertiary/aromatic N) is 1. The fraction of sp³-hybridized carbons (Fsp3) is 0.263. The highest BCUT2D eigenvalue weighted by molar-refractivity contribution is 5.74. The first-order valence-electron chi connectivity index (χ1n) is 7.68. The predicted molar refractivity (Wildman–Crippen MR) is 88.7 cm³/mol. The van der Waals surface area contributed by atoms with Gasteiger partial charge in [0.2, 0.25) is 0 Å². The third-order valence-corrected chi connectivity index (χ3v) is 3.27. The van der Waals surface area contributed by atoms with Crippen LogP contribution in [0, 0.1) is 11.3 Å². The lowest BCUT2D eigenvalue weighted by Crippen LogP contribution is -2.26. The second-order valence-corrected chi connectivity index (χ2v) is 5.04. The molecule has 2 rings (SSSR count). The van der Waals surface area contributed by atoms with Crippen LogP contribution < -0.4 is 9.47 Å². The van der Waals surface area contributed by atoms with Crippen LogP contribution in [0.25, 0.3) is 0 Å². The number of para-hydroxylation sites is 1. The normalized spacial score (nSPS) is 11.2. The Morgan fingerprint density at radius 1 is 1.17 bits per heavy atom. The second-order valence-electron chi connectivity index (χ2n) is 5.04. The lowest BCUT2D eigenvalue weighted by Gasteiger charge is -2.15. The number of hydrogen-bond donors (Lipinski definition) is 0. The zero-order chi connectivity index (χ0) is 17.4. The maximum atomic E-state index is 12.1. The molecule has 0 fully saturated rings. The van der Waals surface area contributed by atoms with Crippen LogP contribution in [0.3, 0.4) is 0 Å². The van der Waals surface area contributed by atoms with Crippen molar-refractivity contribution >= 4 is 5.97 Å². The van der Waals surface area contributed by atoms with Crippen molar-refractivity contribution in [2.24, 2.45) is 0 Å². The Bertz CT molecular complexity index is 719. The lowest BCUT2D eigenvalue weighted by atomic mass is 10.2. The van der Waals surface area contributed by atoms with Gasteiger partial charge in [0.05, 0.1) is 18.2 Å². The van der Waals surface area contributed by atoms with Gasteiger partial charge >= 0.3 is 5.97 Å². The first-order valence-corrected chi connectivity index (χ1v) is 7.68. The Balaban J connectivity index is 1.91. The standard InChI is InChI=1S/C19H19NO4/c1-3-22-18-7-5-4-6-16(18)13-23-19(21)14(2)24-17-10-8-15(12-20)9-11-17/h4-11,14H,3,13H2,1-2H3. The number of rotatable bonds is 7. The summed E-state index contributed by atoms with van der Waals surface area (Å²) < 4.78 is 16.3. The fourth-order valence-electron chi connectivity index (χ4n) is 2.05. The Morgan fingerprint density at radius 2 is 1.88 bits per heavy atom. The van der Waals surface area contributed by atoms with E-state index in [2.05, 4.69) is 0 Å². The number of carbonyl (C=O) groups excluding carboxylic acids is 1. The van der Waals surface area contributed by atoms with E-state index in [-0.39, 0.29) is 6.61 Å². The van der Waals surface area contributed by atoms with E-state index in [0.29, 0.717) is 23.7 Å². The van der Waals surface area contributed by atoms with Crippen molar-refractivity contribution < 1.29 is 19.0 Å². The summed E-state index contributed by atoms with van der Waals surface area (Å²) in [6, 6.07) is 16.0. The molecular weight excluding hydrogens is 306 g/mol. The fourth-order valence-corrected chi connectivity index (χ4v) is 2.05. The summed E-state index contributed by atoms with van der Waals surface area (Å²) >= 11 is 0. The van der Waals surface area contributed by atoms with Gasteiger partial charge in [0.1, 0.15) is 18.1 Å². The van der Waals surface area contributed by atoms with Crippen molar-refractivity contribution in [2.45, 2.75) is 26.6 Å². The topological polar surface area (TPSA) is 68.6 Å². The number of ether oxygens (including phenoxy) is 3. The van der Waals surface area contributed by atoms with Gasteiger partial charge in [-0.15, -0.1) is 0 Å². The molecule has 1 unspecified atom stereocenters. The zero-order valence-electron chi connectivity index (χ0n) is 13.7. The summed E-state index contributed by atoms with van der Waals surface area (Å²) in [6.45, 7) is 4.19. The van der Waals surface area contributed by atoms with Crippen molar-refractivity contribution in [3.05, 3.63) is 59.7 Å². The lowest BCUT2D eigenvalue weighted by molar-refractivity contribution is -0.152. The summed E-state index contributed by atoms with van der Waals surface area (Å²) in [6.07, 6.45) is -0.753. The van der Waals surface area contributed by atoms with Crippen molar-refractivity contribution in [1.29, 1.82) is 5.26 Å². The van der Waals surface area contributed by atoms with Gasteiger partial charge in [0, 0.05) is 5.56 Å². The van der Waals surface area contributed by atoms with Gasteiger partial charge in [-0.25, -0.2) is 4.79 Å². The van der Waals surface area contributed by atoms with Crippen molar-refractivity contribution in [2.75, 3.05) is 6.61 Å². The molecule has 0 aliphatic rings. The Morgan fingerprint density at radius 3 is 2.54 bits per heavy atom. The molecular formula is C19H19NO4. The molecule has 0 aliphatic heterocycles. The number of carbonyl (C=O) groups is 1. The van der Waals surface area contributed by atoms with Gasteiger partial charge in [-0.3, -0.25) is 0 Å². The Kier molecular flexibility index (Phi) is 6.21. The first kappa shape index (κ1) is 17.4. The summed E-state index contributed by atoms with van der Waals surface area (Å²) in [5.41, 5.74) is 1.34. The van der Waals surface area contributed by atoms with E-state index in [0.717, 1.165) is 5.56 Å². The third-order valence-electron chi connectivity index (χ3n) is 3.27. The van der Waals surface area contributed by atoms with Gasteiger partial charge in [0.25, 0.3) is 0 Å². The highest BCUT2D eigenvalue weighted by atomic mass is 16.6. The van der Waals surface area contributed by atoms with Gasteiger partial charge in [-0.05, 0) is 44.2 Å². The van der Waals surface area contributed by atoms with E-state index < -0.39 is 12.1 Å². The average Bonchev–Trinajstić information content (AvgIpc) is 2.61. The van der Waals surface area contributed by atoms with Crippen molar-refractivity contribution in [3.63, 3.8) is 0 Å². The molecule has 0 saturated carbocycles. The first-order chi connectivity index (χ1) is 11.6. The van der Waals surface area contributed by atoms with Crippen molar-refractivity contribution in [1.82, 2.24) is 0 Å². The summed E-state index contributed by atoms with van der Waals surface area (Å²) in [5.74, 6) is 0.743. The van der Waals surface area contributed by atoms with Gasteiger partial charge in [0.15, 0.2) is 6.10 Å². The van der Waals surface area contributed by atoms with Crippen LogP contribution in [0.5, 0.6) is 11.5 Å². The van der Waals surface area contributed by atoms with Crippen LogP contribution in [0.1, 0.15) is 25.0 Å². The molecule has 24 heavy (non-hydrogen) atoms. The molecule has 0 radical (unpaired) electrons. The largest absolute Gasteiger partial charge is 0.493 e. The van der Waals surface area contributed by atoms with Crippen LogP contribution >= 0.6 is 0 Å². The molecule has 0 bridgehead atoms. The van der Waals surface area contributed by atoms with E-state index in [1.54, 1.807) is 31.2 Å². The summed E-state index contributed by atoms with van der Waals surface area (Å²) in [4.78, 5) is 12.1. The Labute approximate surface area is 141 Å². The summed E-state index contributed by atoms with van der Waals surface area (Å²) in [5, 5.41) is 8.76. The number of esters is 1. The molecule has 0 aliphatic carbocycles. The van der Waals surface area contributed by atoms with Crippen LogP contribution in [0.4, 0.5) is 0 Å². The smallest absolute Gasteiger partial charge is 0.347 e. The molecule has 0 heterocycles. The number of benzene rings is 2.